The Balaban J connectivity index is 1.31. The average Bonchev–Trinajstić information content (AvgIpc) is 2.97. The van der Waals surface area contributed by atoms with Crippen LogP contribution in [0.2, 0.25) is 18.1 Å². The summed E-state index contributed by atoms with van der Waals surface area (Å²) in [6.07, 6.45) is 9.72. The van der Waals surface area contributed by atoms with Crippen molar-refractivity contribution in [2.45, 2.75) is 104 Å². The van der Waals surface area contributed by atoms with Gasteiger partial charge in [0.25, 0.3) is 0 Å². The highest BCUT2D eigenvalue weighted by Crippen LogP contribution is 2.36. The van der Waals surface area contributed by atoms with E-state index in [1.807, 2.05) is 56.3 Å². The summed E-state index contributed by atoms with van der Waals surface area (Å²) in [6, 6.07) is 20.6. The molecule has 0 bridgehead atoms. The minimum atomic E-state index is -1.60. The summed E-state index contributed by atoms with van der Waals surface area (Å²) in [5.74, 6) is 0.861. The average molecular weight is 614 g/mol. The molecule has 236 valence electrons. The Bertz CT molecular complexity index is 1400. The number of nitrogens with zero attached hydrogens (tertiary/aromatic N) is 1. The van der Waals surface area contributed by atoms with Gasteiger partial charge in [-0.3, -0.25) is 0 Å². The van der Waals surface area contributed by atoms with E-state index < -0.39 is 14.3 Å². The first kappa shape index (κ1) is 35.1. The number of esters is 1. The van der Waals surface area contributed by atoms with E-state index in [-0.39, 0.29) is 5.04 Å². The summed E-state index contributed by atoms with van der Waals surface area (Å²) in [6.45, 7) is 17.1. The number of hydrogen-bond donors (Lipinski definition) is 0. The fourth-order valence-corrected chi connectivity index (χ4v) is 5.98. The smallest absolute Gasteiger partial charge is 0.343 e. The topological polar surface area (TPSA) is 68.5 Å². The molecule has 0 radical (unpaired) electrons. The first-order valence-corrected chi connectivity index (χ1v) is 19.0. The Morgan fingerprint density at radius 3 is 1.80 bits per heavy atom. The van der Waals surface area contributed by atoms with Gasteiger partial charge >= 0.3 is 5.97 Å². The van der Waals surface area contributed by atoms with Gasteiger partial charge in [0, 0.05) is 6.61 Å². The molecule has 0 aromatic heterocycles. The van der Waals surface area contributed by atoms with Gasteiger partial charge in [0.15, 0.2) is 8.32 Å². The van der Waals surface area contributed by atoms with Crippen LogP contribution >= 0.6 is 0 Å². The van der Waals surface area contributed by atoms with Crippen LogP contribution in [0.1, 0.15) is 99.2 Å². The number of carbonyl (C=O) groups excluding carboxylic acids is 1. The van der Waals surface area contributed by atoms with Crippen molar-refractivity contribution in [3.63, 3.8) is 0 Å². The molecule has 0 spiro atoms. The van der Waals surface area contributed by atoms with Crippen LogP contribution < -0.4 is 9.47 Å². The minimum Gasteiger partial charge on any atom is -0.494 e. The van der Waals surface area contributed by atoms with Crippen molar-refractivity contribution in [2.75, 3.05) is 13.2 Å². The summed E-state index contributed by atoms with van der Waals surface area (Å²) < 4.78 is 17.8. The second-order valence-corrected chi connectivity index (χ2v) is 18.1. The highest BCUT2D eigenvalue weighted by atomic mass is 28.4. The third-order valence-corrected chi connectivity index (χ3v) is 13.3. The lowest BCUT2D eigenvalue weighted by Crippen LogP contribution is -2.40. The lowest BCUT2D eigenvalue weighted by molar-refractivity contribution is 0.0734. The molecule has 5 nitrogen and oxygen atoms in total. The number of carbonyl (C=O) groups is 1. The Morgan fingerprint density at radius 2 is 1.25 bits per heavy atom. The summed E-state index contributed by atoms with van der Waals surface area (Å²) >= 11 is 0. The number of nitriles is 1. The first-order chi connectivity index (χ1) is 20.9. The van der Waals surface area contributed by atoms with E-state index >= 15 is 0 Å². The van der Waals surface area contributed by atoms with Gasteiger partial charge in [-0.2, -0.15) is 5.26 Å². The van der Waals surface area contributed by atoms with Gasteiger partial charge in [0.1, 0.15) is 11.5 Å². The SMILES string of the molecule is Cc1cc(C#N)ccc1-c1ccc(OC(=O)c2ccc(OCCCCCCCCCCO[Si](C)(C)C(C)(C)C)cc2)cc1C. The standard InChI is InChI=1S/C38H51NO4Si/c1-29-26-31(28-39)16-22-35(29)36-23-21-34(27-30(36)2)43-37(40)32-17-19-33(20-18-32)41-24-14-12-10-8-9-11-13-15-25-42-44(6,7)38(3,4)5/h16-23,26-27H,8-15,24-25H2,1-7H3. The molecule has 0 amide bonds. The van der Waals surface area contributed by atoms with Gasteiger partial charge in [0.05, 0.1) is 23.8 Å². The number of rotatable bonds is 16. The van der Waals surface area contributed by atoms with Crippen molar-refractivity contribution in [1.29, 1.82) is 5.26 Å². The van der Waals surface area contributed by atoms with Crippen LogP contribution in [0.5, 0.6) is 11.5 Å². The number of hydrogen-bond acceptors (Lipinski definition) is 5. The quantitative estimate of drug-likeness (QED) is 0.0696. The zero-order valence-corrected chi connectivity index (χ0v) is 28.9. The van der Waals surface area contributed by atoms with Gasteiger partial charge in [-0.05, 0) is 116 Å². The van der Waals surface area contributed by atoms with E-state index in [9.17, 15) is 4.79 Å². The molecule has 0 saturated carbocycles. The predicted molar refractivity (Wildman–Crippen MR) is 183 cm³/mol. The highest BCUT2D eigenvalue weighted by molar-refractivity contribution is 6.74. The lowest BCUT2D eigenvalue weighted by atomic mass is 9.95. The summed E-state index contributed by atoms with van der Waals surface area (Å²) in [5, 5.41) is 9.42. The Labute approximate surface area is 266 Å². The fourth-order valence-electron chi connectivity index (χ4n) is 4.89. The van der Waals surface area contributed by atoms with E-state index in [1.54, 1.807) is 18.2 Å². The molecule has 0 atom stereocenters. The van der Waals surface area contributed by atoms with Gasteiger partial charge < -0.3 is 13.9 Å². The van der Waals surface area contributed by atoms with Crippen molar-refractivity contribution in [1.82, 2.24) is 0 Å². The maximum Gasteiger partial charge on any atom is 0.343 e. The lowest BCUT2D eigenvalue weighted by Gasteiger charge is -2.36. The molecule has 3 aromatic rings. The third-order valence-electron chi connectivity index (χ3n) is 8.72. The van der Waals surface area contributed by atoms with E-state index in [2.05, 4.69) is 39.9 Å². The van der Waals surface area contributed by atoms with Gasteiger partial charge in [-0.25, -0.2) is 4.79 Å². The van der Waals surface area contributed by atoms with Crippen LogP contribution in [-0.4, -0.2) is 27.5 Å². The molecule has 0 aliphatic carbocycles. The van der Waals surface area contributed by atoms with E-state index in [4.69, 9.17) is 19.2 Å². The molecule has 0 unspecified atom stereocenters. The zero-order chi connectivity index (χ0) is 32.2. The summed E-state index contributed by atoms with van der Waals surface area (Å²) in [7, 11) is -1.60. The summed E-state index contributed by atoms with van der Waals surface area (Å²) in [5.41, 5.74) is 5.25. The van der Waals surface area contributed by atoms with Gasteiger partial charge in [-0.15, -0.1) is 0 Å². The van der Waals surface area contributed by atoms with Crippen molar-refractivity contribution >= 4 is 14.3 Å². The monoisotopic (exact) mass is 613 g/mol. The molecular formula is C38H51NO4Si. The summed E-state index contributed by atoms with van der Waals surface area (Å²) in [4.78, 5) is 12.8. The largest absolute Gasteiger partial charge is 0.494 e. The van der Waals surface area contributed by atoms with Crippen molar-refractivity contribution in [3.8, 4) is 28.7 Å². The van der Waals surface area contributed by atoms with Gasteiger partial charge in [0.2, 0.25) is 0 Å². The molecule has 3 rings (SSSR count). The number of unbranched alkanes of at least 4 members (excludes halogenated alkanes) is 7. The molecule has 6 heteroatoms. The number of ether oxygens (including phenoxy) is 2. The molecule has 44 heavy (non-hydrogen) atoms. The van der Waals surface area contributed by atoms with Crippen molar-refractivity contribution < 1.29 is 18.7 Å². The maximum atomic E-state index is 12.8. The maximum absolute atomic E-state index is 12.8. The molecular weight excluding hydrogens is 563 g/mol. The minimum absolute atomic E-state index is 0.289. The third kappa shape index (κ3) is 10.6. The first-order valence-electron chi connectivity index (χ1n) is 16.1. The van der Waals surface area contributed by atoms with E-state index in [0.29, 0.717) is 23.5 Å². The van der Waals surface area contributed by atoms with E-state index in [1.165, 1.54) is 44.9 Å². The molecule has 0 aliphatic rings. The molecule has 0 fully saturated rings. The normalized spacial score (nSPS) is 11.7. The molecule has 0 aliphatic heterocycles. The Hall–Kier alpha value is -3.40. The van der Waals surface area contributed by atoms with Crippen LogP contribution in [0, 0.1) is 25.2 Å². The number of aryl methyl sites for hydroxylation is 2. The Morgan fingerprint density at radius 1 is 0.727 bits per heavy atom. The molecule has 0 heterocycles. The zero-order valence-electron chi connectivity index (χ0n) is 27.9. The number of benzene rings is 3. The Kier molecular flexibility index (Phi) is 13.2. The van der Waals surface area contributed by atoms with Gasteiger partial charge in [-0.1, -0.05) is 71.4 Å². The van der Waals surface area contributed by atoms with Crippen LogP contribution in [-0.2, 0) is 4.43 Å². The van der Waals surface area contributed by atoms with E-state index in [0.717, 1.165) is 41.0 Å². The van der Waals surface area contributed by atoms with Crippen LogP contribution in [0.25, 0.3) is 11.1 Å². The van der Waals surface area contributed by atoms with Crippen molar-refractivity contribution in [3.05, 3.63) is 82.9 Å². The highest BCUT2D eigenvalue weighted by Gasteiger charge is 2.36. The van der Waals surface area contributed by atoms with Crippen LogP contribution in [0.15, 0.2) is 60.7 Å². The second-order valence-electron chi connectivity index (χ2n) is 13.3. The van der Waals surface area contributed by atoms with Crippen LogP contribution in [0.3, 0.4) is 0 Å². The fraction of sp³-hybridized carbons (Fsp3) is 0.474. The predicted octanol–water partition coefficient (Wildman–Crippen LogP) is 10.6. The molecule has 0 N–H and O–H groups in total. The molecule has 3 aromatic carbocycles. The second kappa shape index (κ2) is 16.6. The van der Waals surface area contributed by atoms with Crippen molar-refractivity contribution in [2.24, 2.45) is 0 Å². The van der Waals surface area contributed by atoms with Crippen LogP contribution in [0.4, 0.5) is 0 Å². The molecule has 0 saturated heterocycles.